The molecule has 0 radical (unpaired) electrons. The minimum absolute atomic E-state index is 0.0975. The standard InChI is InChI=1S/C24H30O7/c1-12-14-8-13-9-16(25-2)21(27-4)23(29-6)18(13)19-15(20(12)31-11-14)10-17(26-3)22(28-5)24(19)30-7/h9-10,12,14,20H,8,11H2,1-7H3/t12-,14-,20+/m1/s1. The van der Waals surface area contributed by atoms with Gasteiger partial charge in [0.15, 0.2) is 23.0 Å². The molecule has 0 N–H and O–H groups in total. The molecule has 2 aliphatic rings. The molecule has 0 amide bonds. The molecule has 168 valence electrons. The van der Waals surface area contributed by atoms with Crippen molar-refractivity contribution in [2.45, 2.75) is 19.4 Å². The van der Waals surface area contributed by atoms with Gasteiger partial charge in [0.1, 0.15) is 0 Å². The lowest BCUT2D eigenvalue weighted by Gasteiger charge is -2.30. The van der Waals surface area contributed by atoms with Gasteiger partial charge in [-0.15, -0.1) is 0 Å². The van der Waals surface area contributed by atoms with Gasteiger partial charge in [-0.1, -0.05) is 6.92 Å². The maximum absolute atomic E-state index is 6.31. The minimum atomic E-state index is -0.0975. The Balaban J connectivity index is 2.18. The molecule has 0 saturated carbocycles. The molecular weight excluding hydrogens is 400 g/mol. The third-order valence-corrected chi connectivity index (χ3v) is 6.52. The molecule has 2 aromatic carbocycles. The zero-order chi connectivity index (χ0) is 22.3. The molecular formula is C24H30O7. The van der Waals surface area contributed by atoms with Crippen LogP contribution in [0, 0.1) is 11.8 Å². The Morgan fingerprint density at radius 1 is 0.710 bits per heavy atom. The van der Waals surface area contributed by atoms with Crippen LogP contribution < -0.4 is 28.4 Å². The summed E-state index contributed by atoms with van der Waals surface area (Å²) in [7, 11) is 9.73. The van der Waals surface area contributed by atoms with Gasteiger partial charge in [-0.2, -0.15) is 0 Å². The molecule has 1 heterocycles. The van der Waals surface area contributed by atoms with Crippen LogP contribution in [0.25, 0.3) is 11.1 Å². The van der Waals surface area contributed by atoms with E-state index in [-0.39, 0.29) is 6.10 Å². The number of ether oxygens (including phenoxy) is 7. The first-order valence-corrected chi connectivity index (χ1v) is 10.3. The Bertz CT molecular complexity index is 985. The van der Waals surface area contributed by atoms with Gasteiger partial charge >= 0.3 is 0 Å². The van der Waals surface area contributed by atoms with Gasteiger partial charge in [0, 0.05) is 11.1 Å². The first-order chi connectivity index (χ1) is 15.0. The van der Waals surface area contributed by atoms with Gasteiger partial charge < -0.3 is 33.2 Å². The number of hydrogen-bond donors (Lipinski definition) is 0. The van der Waals surface area contributed by atoms with Crippen LogP contribution in [0.15, 0.2) is 12.1 Å². The molecule has 4 rings (SSSR count). The van der Waals surface area contributed by atoms with Crippen molar-refractivity contribution >= 4 is 0 Å². The molecule has 0 unspecified atom stereocenters. The summed E-state index contributed by atoms with van der Waals surface area (Å²) < 4.78 is 40.8. The highest BCUT2D eigenvalue weighted by Gasteiger charge is 2.42. The molecule has 0 aromatic heterocycles. The number of methoxy groups -OCH3 is 6. The Morgan fingerprint density at radius 3 is 1.81 bits per heavy atom. The molecule has 1 aliphatic carbocycles. The van der Waals surface area contributed by atoms with Crippen molar-refractivity contribution in [3.05, 3.63) is 23.3 Å². The molecule has 1 aliphatic heterocycles. The number of rotatable bonds is 6. The first-order valence-electron chi connectivity index (χ1n) is 10.3. The van der Waals surface area contributed by atoms with Crippen molar-refractivity contribution in [3.63, 3.8) is 0 Å². The number of hydrogen-bond acceptors (Lipinski definition) is 7. The average Bonchev–Trinajstić information content (AvgIpc) is 3.18. The van der Waals surface area contributed by atoms with Crippen LogP contribution in [-0.2, 0) is 11.2 Å². The van der Waals surface area contributed by atoms with Gasteiger partial charge in [-0.05, 0) is 41.5 Å². The summed E-state index contributed by atoms with van der Waals surface area (Å²) in [5.74, 6) is 4.12. The van der Waals surface area contributed by atoms with Crippen molar-refractivity contribution < 1.29 is 33.2 Å². The average molecular weight is 430 g/mol. The van der Waals surface area contributed by atoms with Crippen molar-refractivity contribution in [1.82, 2.24) is 0 Å². The SMILES string of the molecule is COc1cc2c(c(OC)c1OC)-c1c(cc(OC)c(OC)c1OC)[C@H]1OC[C@@H](C2)[C@H]1C. The third-order valence-electron chi connectivity index (χ3n) is 6.52. The largest absolute Gasteiger partial charge is 0.493 e. The molecule has 31 heavy (non-hydrogen) atoms. The van der Waals surface area contributed by atoms with E-state index in [1.54, 1.807) is 42.7 Å². The maximum atomic E-state index is 6.31. The zero-order valence-electron chi connectivity index (χ0n) is 19.2. The van der Waals surface area contributed by atoms with Crippen molar-refractivity contribution in [3.8, 4) is 45.6 Å². The highest BCUT2D eigenvalue weighted by molar-refractivity contribution is 5.88. The fourth-order valence-corrected chi connectivity index (χ4v) is 4.98. The summed E-state index contributed by atoms with van der Waals surface area (Å²) in [6.07, 6.45) is 0.723. The Morgan fingerprint density at radius 2 is 1.26 bits per heavy atom. The maximum Gasteiger partial charge on any atom is 0.203 e. The van der Waals surface area contributed by atoms with Crippen LogP contribution in [-0.4, -0.2) is 49.3 Å². The predicted octanol–water partition coefficient (Wildman–Crippen LogP) is 4.28. The minimum Gasteiger partial charge on any atom is -0.493 e. The Labute approximate surface area is 183 Å². The van der Waals surface area contributed by atoms with Gasteiger partial charge in [0.05, 0.1) is 55.4 Å². The highest BCUT2D eigenvalue weighted by atomic mass is 16.5. The summed E-state index contributed by atoms with van der Waals surface area (Å²) in [5, 5.41) is 0. The van der Waals surface area contributed by atoms with Gasteiger partial charge in [0.2, 0.25) is 11.5 Å². The number of benzene rings is 2. The van der Waals surface area contributed by atoms with E-state index < -0.39 is 0 Å². The van der Waals surface area contributed by atoms with E-state index in [0.717, 1.165) is 28.7 Å². The van der Waals surface area contributed by atoms with Crippen LogP contribution in [0.5, 0.6) is 34.5 Å². The molecule has 2 aromatic rings. The van der Waals surface area contributed by atoms with Gasteiger partial charge in [-0.25, -0.2) is 0 Å². The molecule has 1 saturated heterocycles. The topological polar surface area (TPSA) is 64.6 Å². The monoisotopic (exact) mass is 430 g/mol. The van der Waals surface area contributed by atoms with E-state index in [1.807, 2.05) is 12.1 Å². The highest BCUT2D eigenvalue weighted by Crippen LogP contribution is 2.58. The first kappa shape index (κ1) is 21.4. The van der Waals surface area contributed by atoms with E-state index in [2.05, 4.69) is 6.92 Å². The number of fused-ring (bicyclic) bond motifs is 6. The lowest BCUT2D eigenvalue weighted by Crippen LogP contribution is -2.19. The summed E-state index contributed by atoms with van der Waals surface area (Å²) in [5.41, 5.74) is 3.84. The second-order valence-electron chi connectivity index (χ2n) is 7.87. The molecule has 7 heteroatoms. The van der Waals surface area contributed by atoms with Gasteiger partial charge in [-0.3, -0.25) is 0 Å². The van der Waals surface area contributed by atoms with Crippen LogP contribution in [0.2, 0.25) is 0 Å². The van der Waals surface area contributed by atoms with E-state index in [4.69, 9.17) is 33.2 Å². The smallest absolute Gasteiger partial charge is 0.203 e. The summed E-state index contributed by atoms with van der Waals surface area (Å²) in [6.45, 7) is 2.91. The predicted molar refractivity (Wildman–Crippen MR) is 116 cm³/mol. The van der Waals surface area contributed by atoms with E-state index in [1.165, 1.54) is 0 Å². The summed E-state index contributed by atoms with van der Waals surface area (Å²) in [4.78, 5) is 0. The fraction of sp³-hybridized carbons (Fsp3) is 0.500. The van der Waals surface area contributed by atoms with Crippen LogP contribution >= 0.6 is 0 Å². The molecule has 1 fully saturated rings. The van der Waals surface area contributed by atoms with Crippen LogP contribution in [0.3, 0.4) is 0 Å². The second-order valence-corrected chi connectivity index (χ2v) is 7.87. The van der Waals surface area contributed by atoms with Crippen LogP contribution in [0.1, 0.15) is 24.2 Å². The quantitative estimate of drug-likeness (QED) is 0.678. The van der Waals surface area contributed by atoms with Crippen molar-refractivity contribution in [2.75, 3.05) is 49.3 Å². The van der Waals surface area contributed by atoms with E-state index in [9.17, 15) is 0 Å². The Kier molecular flexibility index (Phi) is 5.79. The lowest BCUT2D eigenvalue weighted by atomic mass is 9.77. The molecule has 3 atom stereocenters. The van der Waals surface area contributed by atoms with Crippen LogP contribution in [0.4, 0.5) is 0 Å². The summed E-state index contributed by atoms with van der Waals surface area (Å²) >= 11 is 0. The summed E-state index contributed by atoms with van der Waals surface area (Å²) in [6, 6.07) is 4.02. The van der Waals surface area contributed by atoms with Crippen molar-refractivity contribution in [1.29, 1.82) is 0 Å². The third kappa shape index (κ3) is 3.14. The molecule has 7 nitrogen and oxygen atoms in total. The lowest BCUT2D eigenvalue weighted by molar-refractivity contribution is 0.0935. The second kappa shape index (κ2) is 8.38. The zero-order valence-corrected chi connectivity index (χ0v) is 19.2. The Hall–Kier alpha value is -2.80. The van der Waals surface area contributed by atoms with Gasteiger partial charge in [0.25, 0.3) is 0 Å². The van der Waals surface area contributed by atoms with E-state index in [0.29, 0.717) is 52.9 Å². The molecule has 0 spiro atoms. The van der Waals surface area contributed by atoms with E-state index >= 15 is 0 Å². The normalized spacial score (nSPS) is 21.3. The fourth-order valence-electron chi connectivity index (χ4n) is 4.98. The molecule has 2 bridgehead atoms. The van der Waals surface area contributed by atoms with Crippen molar-refractivity contribution in [2.24, 2.45) is 11.8 Å².